The van der Waals surface area contributed by atoms with Gasteiger partial charge < -0.3 is 5.32 Å². The molecule has 0 radical (unpaired) electrons. The Morgan fingerprint density at radius 3 is 2.39 bits per heavy atom. The van der Waals surface area contributed by atoms with Gasteiger partial charge in [-0.1, -0.05) is 23.2 Å². The van der Waals surface area contributed by atoms with Crippen LogP contribution in [0.2, 0.25) is 10.0 Å². The largest absolute Gasteiger partial charge is 0.355 e. The minimum atomic E-state index is -3.64. The summed E-state index contributed by atoms with van der Waals surface area (Å²) in [7, 11) is -3.64. The Morgan fingerprint density at radius 1 is 1.10 bits per heavy atom. The lowest BCUT2D eigenvalue weighted by Gasteiger charge is -2.73. The van der Waals surface area contributed by atoms with Crippen molar-refractivity contribution in [2.45, 2.75) is 49.8 Å². The zero-order valence-corrected chi connectivity index (χ0v) is 19.8. The number of nitrogens with zero attached hydrogens (tertiary/aromatic N) is 1. The quantitative estimate of drug-likeness (QED) is 0.678. The van der Waals surface area contributed by atoms with Gasteiger partial charge in [0.15, 0.2) is 0 Å². The van der Waals surface area contributed by atoms with Crippen LogP contribution in [-0.4, -0.2) is 38.3 Å². The molecular weight excluding hydrogens is 455 g/mol. The van der Waals surface area contributed by atoms with Crippen molar-refractivity contribution < 1.29 is 13.2 Å². The first-order valence-corrected chi connectivity index (χ1v) is 13.7. The van der Waals surface area contributed by atoms with E-state index >= 15 is 0 Å². The van der Waals surface area contributed by atoms with E-state index in [1.807, 2.05) is 0 Å². The van der Waals surface area contributed by atoms with Crippen molar-refractivity contribution in [2.75, 3.05) is 19.6 Å². The van der Waals surface area contributed by atoms with E-state index in [1.165, 1.54) is 35.7 Å². The molecule has 4 saturated carbocycles. The summed E-state index contributed by atoms with van der Waals surface area (Å²) in [5.74, 6) is 3.10. The van der Waals surface area contributed by atoms with Crippen molar-refractivity contribution in [1.29, 1.82) is 0 Å². The van der Waals surface area contributed by atoms with Crippen molar-refractivity contribution in [3.05, 3.63) is 28.2 Å². The first-order chi connectivity index (χ1) is 14.8. The third kappa shape index (κ3) is 2.71. The fraction of sp³-hybridized carbons (Fsp3) is 0.696. The fourth-order valence-electron chi connectivity index (χ4n) is 8.16. The molecule has 5 aliphatic rings. The highest BCUT2D eigenvalue weighted by Crippen LogP contribution is 2.86. The SMILES string of the molecule is O=C(NCC1CCN(S(=O)(=O)c2ccc(Cl)cc2Cl)CC1)C12CC3CC4CC(C1)C32C4. The van der Waals surface area contributed by atoms with Gasteiger partial charge in [-0.05, 0) is 92.2 Å². The predicted octanol–water partition coefficient (Wildman–Crippen LogP) is 4.34. The molecule has 4 aliphatic carbocycles. The third-order valence-corrected chi connectivity index (χ3v) is 12.1. The van der Waals surface area contributed by atoms with E-state index < -0.39 is 10.0 Å². The number of fused-ring (bicyclic) bond motifs is 1. The second-order valence-electron chi connectivity index (χ2n) is 10.6. The molecule has 1 N–H and O–H groups in total. The zero-order chi connectivity index (χ0) is 21.6. The minimum Gasteiger partial charge on any atom is -0.355 e. The van der Waals surface area contributed by atoms with Crippen LogP contribution in [-0.2, 0) is 14.8 Å². The van der Waals surface area contributed by atoms with Crippen LogP contribution in [0, 0.1) is 34.5 Å². The molecule has 1 aromatic rings. The van der Waals surface area contributed by atoms with E-state index in [2.05, 4.69) is 5.32 Å². The molecular formula is C23H28Cl2N2O3S. The summed E-state index contributed by atoms with van der Waals surface area (Å²) >= 11 is 12.0. The maximum absolute atomic E-state index is 13.2. The summed E-state index contributed by atoms with van der Waals surface area (Å²) in [5, 5.41) is 3.85. The van der Waals surface area contributed by atoms with Gasteiger partial charge in [-0.3, -0.25) is 4.79 Å². The topological polar surface area (TPSA) is 66.5 Å². The Bertz CT molecular complexity index is 1030. The molecule has 6 rings (SSSR count). The number of piperidine rings is 1. The summed E-state index contributed by atoms with van der Waals surface area (Å²) in [6.45, 7) is 1.55. The monoisotopic (exact) mass is 482 g/mol. The van der Waals surface area contributed by atoms with Crippen molar-refractivity contribution >= 4 is 39.1 Å². The van der Waals surface area contributed by atoms with Crippen LogP contribution in [0.3, 0.4) is 0 Å². The molecule has 8 heteroatoms. The van der Waals surface area contributed by atoms with Crippen LogP contribution in [0.5, 0.6) is 0 Å². The average Bonchev–Trinajstić information content (AvgIpc) is 3.24. The second kappa shape index (κ2) is 6.85. The first kappa shape index (κ1) is 20.8. The van der Waals surface area contributed by atoms with Gasteiger partial charge in [0.1, 0.15) is 4.90 Å². The molecule has 1 saturated heterocycles. The third-order valence-electron chi connectivity index (χ3n) is 9.47. The number of carbonyl (C=O) groups is 1. The number of rotatable bonds is 5. The van der Waals surface area contributed by atoms with Crippen LogP contribution in [0.25, 0.3) is 0 Å². The fourth-order valence-corrected chi connectivity index (χ4v) is 10.4. The molecule has 2 bridgehead atoms. The van der Waals surface area contributed by atoms with Gasteiger partial charge in [0, 0.05) is 24.7 Å². The zero-order valence-electron chi connectivity index (χ0n) is 17.4. The van der Waals surface area contributed by atoms with Crippen LogP contribution in [0.1, 0.15) is 44.9 Å². The van der Waals surface area contributed by atoms with Gasteiger partial charge in [-0.2, -0.15) is 4.31 Å². The molecule has 1 aliphatic heterocycles. The van der Waals surface area contributed by atoms with Crippen molar-refractivity contribution in [3.63, 3.8) is 0 Å². The molecule has 31 heavy (non-hydrogen) atoms. The molecule has 2 atom stereocenters. The summed E-state index contributed by atoms with van der Waals surface area (Å²) < 4.78 is 27.5. The number of nitrogens with one attached hydrogen (secondary N) is 1. The molecule has 1 aromatic carbocycles. The number of carbonyl (C=O) groups excluding carboxylic acids is 1. The first-order valence-electron chi connectivity index (χ1n) is 11.5. The highest BCUT2D eigenvalue weighted by molar-refractivity contribution is 7.89. The standard InChI is InChI=1S/C23H28Cl2N2O3S/c24-18-1-2-20(19(25)9-18)31(29,30)27-5-3-14(4-6-27)13-26-21(28)22-11-16-7-15-8-17(12-22)23(16,22)10-15/h1-2,9,14-17H,3-8,10-13H2,(H,26,28). The van der Waals surface area contributed by atoms with Gasteiger partial charge in [0.05, 0.1) is 10.4 Å². The van der Waals surface area contributed by atoms with Gasteiger partial charge in [-0.25, -0.2) is 8.42 Å². The number of hydrogen-bond donors (Lipinski definition) is 1. The van der Waals surface area contributed by atoms with Gasteiger partial charge >= 0.3 is 0 Å². The number of sulfonamides is 1. The molecule has 1 amide bonds. The summed E-state index contributed by atoms with van der Waals surface area (Å²) in [6.07, 6.45) is 7.70. The molecule has 168 valence electrons. The number of halogens is 2. The normalized spacial score (nSPS) is 39.0. The lowest BCUT2D eigenvalue weighted by molar-refractivity contribution is -0.249. The summed E-state index contributed by atoms with van der Waals surface area (Å²) in [4.78, 5) is 13.3. The van der Waals surface area contributed by atoms with E-state index in [0.717, 1.165) is 43.4 Å². The number of hydrogen-bond acceptors (Lipinski definition) is 3. The molecule has 0 aromatic heterocycles. The van der Waals surface area contributed by atoms with Gasteiger partial charge in [0.2, 0.25) is 15.9 Å². The highest BCUT2D eigenvalue weighted by Gasteiger charge is 2.83. The highest BCUT2D eigenvalue weighted by atomic mass is 35.5. The minimum absolute atomic E-state index is 0.0665. The summed E-state index contributed by atoms with van der Waals surface area (Å²) in [5.41, 5.74) is 0.292. The average molecular weight is 483 g/mol. The van der Waals surface area contributed by atoms with Crippen LogP contribution in [0.4, 0.5) is 0 Å². The Balaban J connectivity index is 1.05. The molecule has 2 unspecified atom stereocenters. The van der Waals surface area contributed by atoms with E-state index in [9.17, 15) is 13.2 Å². The smallest absolute Gasteiger partial charge is 0.244 e. The maximum Gasteiger partial charge on any atom is 0.244 e. The molecule has 1 spiro atoms. The van der Waals surface area contributed by atoms with Crippen LogP contribution >= 0.6 is 23.2 Å². The van der Waals surface area contributed by atoms with E-state index in [0.29, 0.717) is 36.0 Å². The Kier molecular flexibility index (Phi) is 4.59. The van der Waals surface area contributed by atoms with E-state index in [1.54, 1.807) is 6.07 Å². The Hall–Kier alpha value is -0.820. The van der Waals surface area contributed by atoms with Crippen molar-refractivity contribution in [1.82, 2.24) is 9.62 Å². The summed E-state index contributed by atoms with van der Waals surface area (Å²) in [6, 6.07) is 4.48. The van der Waals surface area contributed by atoms with Crippen LogP contribution < -0.4 is 5.32 Å². The maximum atomic E-state index is 13.2. The number of amides is 1. The lowest BCUT2D eigenvalue weighted by Crippen LogP contribution is -2.73. The second-order valence-corrected chi connectivity index (χ2v) is 13.3. The van der Waals surface area contributed by atoms with E-state index in [4.69, 9.17) is 23.2 Å². The van der Waals surface area contributed by atoms with Gasteiger partial charge in [0.25, 0.3) is 0 Å². The van der Waals surface area contributed by atoms with Crippen molar-refractivity contribution in [2.24, 2.45) is 34.5 Å². The molecule has 5 fully saturated rings. The Labute approximate surface area is 193 Å². The lowest BCUT2D eigenvalue weighted by atomic mass is 9.30. The predicted molar refractivity (Wildman–Crippen MR) is 119 cm³/mol. The molecule has 1 heterocycles. The Morgan fingerprint density at radius 2 is 1.77 bits per heavy atom. The van der Waals surface area contributed by atoms with Gasteiger partial charge in [-0.15, -0.1) is 0 Å². The van der Waals surface area contributed by atoms with E-state index in [-0.39, 0.29) is 21.2 Å². The number of benzene rings is 1. The molecule has 5 nitrogen and oxygen atoms in total. The van der Waals surface area contributed by atoms with Crippen molar-refractivity contribution in [3.8, 4) is 0 Å². The van der Waals surface area contributed by atoms with Crippen LogP contribution in [0.15, 0.2) is 23.1 Å².